The number of rotatable bonds is 3. The van der Waals surface area contributed by atoms with Gasteiger partial charge in [0.1, 0.15) is 6.29 Å². The molecule has 0 aliphatic rings. The third-order valence-corrected chi connectivity index (χ3v) is 1.74. The van der Waals surface area contributed by atoms with Gasteiger partial charge in [0.2, 0.25) is 0 Å². The molecular formula is C8H7BO5. The number of aldehydes is 1. The highest BCUT2D eigenvalue weighted by atomic mass is 16.4. The van der Waals surface area contributed by atoms with Crippen molar-refractivity contribution in [1.82, 2.24) is 0 Å². The van der Waals surface area contributed by atoms with Gasteiger partial charge in [-0.15, -0.1) is 0 Å². The Hall–Kier alpha value is -1.66. The van der Waals surface area contributed by atoms with Crippen LogP contribution in [0.25, 0.3) is 0 Å². The zero-order valence-electron chi connectivity index (χ0n) is 7.04. The number of carboxylic acids is 1. The lowest BCUT2D eigenvalue weighted by atomic mass is 9.77. The van der Waals surface area contributed by atoms with E-state index < -0.39 is 13.1 Å². The van der Waals surface area contributed by atoms with Gasteiger partial charge in [0.05, 0.1) is 5.56 Å². The Morgan fingerprint density at radius 1 is 1.36 bits per heavy atom. The van der Waals surface area contributed by atoms with Crippen molar-refractivity contribution in [3.63, 3.8) is 0 Å². The van der Waals surface area contributed by atoms with Gasteiger partial charge < -0.3 is 15.2 Å². The van der Waals surface area contributed by atoms with Crippen molar-refractivity contribution in [2.24, 2.45) is 0 Å². The fraction of sp³-hybridized carbons (Fsp3) is 0. The number of hydrogen-bond acceptors (Lipinski definition) is 4. The maximum Gasteiger partial charge on any atom is 0.489 e. The molecule has 0 aliphatic heterocycles. The van der Waals surface area contributed by atoms with Crippen LogP contribution in [0.15, 0.2) is 18.2 Å². The third kappa shape index (κ3) is 1.98. The first kappa shape index (κ1) is 10.4. The number of aromatic carboxylic acids is 1. The van der Waals surface area contributed by atoms with Crippen molar-refractivity contribution in [3.05, 3.63) is 29.3 Å². The number of carboxylic acid groups (broad SMARTS) is 1. The molecule has 0 heterocycles. The molecule has 0 aromatic heterocycles. The first-order valence-electron chi connectivity index (χ1n) is 3.75. The highest BCUT2D eigenvalue weighted by Gasteiger charge is 2.17. The highest BCUT2D eigenvalue weighted by Crippen LogP contribution is 2.01. The Balaban J connectivity index is 3.25. The lowest BCUT2D eigenvalue weighted by Crippen LogP contribution is -2.33. The maximum atomic E-state index is 10.5. The first-order chi connectivity index (χ1) is 6.56. The molecule has 0 amide bonds. The minimum Gasteiger partial charge on any atom is -0.478 e. The van der Waals surface area contributed by atoms with Crippen LogP contribution in [0.5, 0.6) is 0 Å². The Labute approximate surface area is 79.8 Å². The molecule has 3 N–H and O–H groups in total. The van der Waals surface area contributed by atoms with E-state index in [1.165, 1.54) is 12.1 Å². The van der Waals surface area contributed by atoms with Crippen molar-refractivity contribution >= 4 is 24.8 Å². The van der Waals surface area contributed by atoms with Crippen LogP contribution in [0.2, 0.25) is 0 Å². The molecule has 0 unspecified atom stereocenters. The molecule has 0 saturated carbocycles. The molecule has 1 rings (SSSR count). The zero-order chi connectivity index (χ0) is 10.7. The maximum absolute atomic E-state index is 10.5. The molecule has 0 fully saturated rings. The number of benzene rings is 1. The smallest absolute Gasteiger partial charge is 0.478 e. The van der Waals surface area contributed by atoms with Crippen LogP contribution < -0.4 is 5.46 Å². The molecule has 0 bridgehead atoms. The molecule has 72 valence electrons. The average molecular weight is 194 g/mol. The Morgan fingerprint density at radius 3 is 2.43 bits per heavy atom. The summed E-state index contributed by atoms with van der Waals surface area (Å²) in [6.45, 7) is 0. The summed E-state index contributed by atoms with van der Waals surface area (Å²) < 4.78 is 0. The van der Waals surface area contributed by atoms with E-state index in [4.69, 9.17) is 15.2 Å². The number of carbonyl (C=O) groups excluding carboxylic acids is 1. The van der Waals surface area contributed by atoms with E-state index in [0.717, 1.165) is 6.07 Å². The summed E-state index contributed by atoms with van der Waals surface area (Å²) in [5.41, 5.74) is -0.124. The van der Waals surface area contributed by atoms with Gasteiger partial charge in [-0.2, -0.15) is 0 Å². The molecule has 5 nitrogen and oxygen atoms in total. The van der Waals surface area contributed by atoms with E-state index in [0.29, 0.717) is 6.29 Å². The van der Waals surface area contributed by atoms with Gasteiger partial charge in [-0.3, -0.25) is 4.79 Å². The second kappa shape index (κ2) is 4.04. The molecular weight excluding hydrogens is 187 g/mol. The Kier molecular flexibility index (Phi) is 3.01. The van der Waals surface area contributed by atoms with Crippen molar-refractivity contribution in [2.75, 3.05) is 0 Å². The van der Waals surface area contributed by atoms with Gasteiger partial charge in [-0.25, -0.2) is 4.79 Å². The molecule has 0 aliphatic carbocycles. The van der Waals surface area contributed by atoms with Crippen LogP contribution in [-0.2, 0) is 0 Å². The van der Waals surface area contributed by atoms with Gasteiger partial charge in [-0.1, -0.05) is 6.07 Å². The summed E-state index contributed by atoms with van der Waals surface area (Å²) in [5.74, 6) is -1.17. The first-order valence-corrected chi connectivity index (χ1v) is 3.75. The van der Waals surface area contributed by atoms with E-state index in [9.17, 15) is 9.59 Å². The van der Waals surface area contributed by atoms with Crippen molar-refractivity contribution in [1.29, 1.82) is 0 Å². The van der Waals surface area contributed by atoms with E-state index in [2.05, 4.69) is 0 Å². The largest absolute Gasteiger partial charge is 0.489 e. The van der Waals surface area contributed by atoms with Crippen molar-refractivity contribution in [2.45, 2.75) is 0 Å². The van der Waals surface area contributed by atoms with E-state index in [1.54, 1.807) is 0 Å². The lowest BCUT2D eigenvalue weighted by Gasteiger charge is -2.03. The van der Waals surface area contributed by atoms with E-state index >= 15 is 0 Å². The molecule has 1 aromatic carbocycles. The quantitative estimate of drug-likeness (QED) is 0.418. The third-order valence-electron chi connectivity index (χ3n) is 1.74. The van der Waals surface area contributed by atoms with Gasteiger partial charge in [0.15, 0.2) is 0 Å². The summed E-state index contributed by atoms with van der Waals surface area (Å²) in [6, 6.07) is 3.48. The molecule has 0 saturated heterocycles. The molecule has 0 spiro atoms. The average Bonchev–Trinajstić information content (AvgIpc) is 2.16. The van der Waals surface area contributed by atoms with Gasteiger partial charge >= 0.3 is 13.1 Å². The summed E-state index contributed by atoms with van der Waals surface area (Å²) in [6.07, 6.45) is 0.376. The number of carbonyl (C=O) groups is 2. The summed E-state index contributed by atoms with van der Waals surface area (Å²) >= 11 is 0. The SMILES string of the molecule is O=Cc1cc(C(=O)O)ccc1B(O)O. The van der Waals surface area contributed by atoms with Gasteiger partial charge in [0, 0.05) is 5.56 Å². The molecule has 14 heavy (non-hydrogen) atoms. The summed E-state index contributed by atoms with van der Waals surface area (Å²) in [5, 5.41) is 26.2. The molecule has 1 aromatic rings. The fourth-order valence-electron chi connectivity index (χ4n) is 1.04. The summed E-state index contributed by atoms with van der Waals surface area (Å²) in [7, 11) is -1.78. The van der Waals surface area contributed by atoms with Crippen LogP contribution in [0.3, 0.4) is 0 Å². The van der Waals surface area contributed by atoms with Crippen LogP contribution in [0.4, 0.5) is 0 Å². The van der Waals surface area contributed by atoms with Gasteiger partial charge in [-0.05, 0) is 17.6 Å². The molecule has 6 heteroatoms. The minimum atomic E-state index is -1.78. The predicted octanol–water partition coefficient (Wildman–Crippen LogP) is -1.12. The van der Waals surface area contributed by atoms with Crippen LogP contribution >= 0.6 is 0 Å². The van der Waals surface area contributed by atoms with Crippen molar-refractivity contribution in [3.8, 4) is 0 Å². The van der Waals surface area contributed by atoms with Crippen molar-refractivity contribution < 1.29 is 24.7 Å². The normalized spacial score (nSPS) is 9.57. The van der Waals surface area contributed by atoms with E-state index in [1.807, 2.05) is 0 Å². The van der Waals surface area contributed by atoms with Crippen LogP contribution in [-0.4, -0.2) is 34.5 Å². The Morgan fingerprint density at radius 2 is 2.00 bits per heavy atom. The van der Waals surface area contributed by atoms with E-state index in [-0.39, 0.29) is 16.6 Å². The second-order valence-electron chi connectivity index (χ2n) is 2.64. The predicted molar refractivity (Wildman–Crippen MR) is 48.6 cm³/mol. The standard InChI is InChI=1S/C8H7BO5/c10-4-6-3-5(8(11)12)1-2-7(6)9(13)14/h1-4,13-14H,(H,11,12). The van der Waals surface area contributed by atoms with Crippen LogP contribution in [0, 0.1) is 0 Å². The molecule has 0 atom stereocenters. The molecule has 0 radical (unpaired) electrons. The lowest BCUT2D eigenvalue weighted by molar-refractivity contribution is 0.0697. The monoisotopic (exact) mass is 194 g/mol. The minimum absolute atomic E-state index is 0.00926. The fourth-order valence-corrected chi connectivity index (χ4v) is 1.04. The van der Waals surface area contributed by atoms with Gasteiger partial charge in [0.25, 0.3) is 0 Å². The van der Waals surface area contributed by atoms with Crippen LogP contribution in [0.1, 0.15) is 20.7 Å². The highest BCUT2D eigenvalue weighted by molar-refractivity contribution is 6.60. The topological polar surface area (TPSA) is 94.8 Å². The summed E-state index contributed by atoms with van der Waals surface area (Å²) in [4.78, 5) is 21.0. The zero-order valence-corrected chi connectivity index (χ0v) is 7.04. The second-order valence-corrected chi connectivity index (χ2v) is 2.64. The Bertz CT molecular complexity index is 374. The number of hydrogen-bond donors (Lipinski definition) is 3.